The number of halogens is 1. The van der Waals surface area contributed by atoms with Crippen molar-refractivity contribution in [3.63, 3.8) is 0 Å². The third kappa shape index (κ3) is 4.36. The Morgan fingerprint density at radius 1 is 1.12 bits per heavy atom. The highest BCUT2D eigenvalue weighted by Gasteiger charge is 2.24. The highest BCUT2D eigenvalue weighted by atomic mass is 79.9. The SMILES string of the molecule is CCOC(=O)c1c(C)[nH]c(C(=O)OCC(=O)c2cccc(Br)c2)c1C. The molecule has 1 aromatic heterocycles. The monoisotopic (exact) mass is 407 g/mol. The first-order valence-electron chi connectivity index (χ1n) is 7.67. The smallest absolute Gasteiger partial charge is 0.355 e. The predicted octanol–water partition coefficient (Wildman–Crippen LogP) is 3.61. The molecule has 2 rings (SSSR count). The number of esters is 2. The molecule has 0 fully saturated rings. The van der Waals surface area contributed by atoms with E-state index in [2.05, 4.69) is 20.9 Å². The Morgan fingerprint density at radius 3 is 2.48 bits per heavy atom. The largest absolute Gasteiger partial charge is 0.462 e. The van der Waals surface area contributed by atoms with Crippen LogP contribution >= 0.6 is 15.9 Å². The Kier molecular flexibility index (Phi) is 6.14. The van der Waals surface area contributed by atoms with Crippen LogP contribution in [-0.4, -0.2) is 35.9 Å². The normalized spacial score (nSPS) is 10.4. The minimum Gasteiger partial charge on any atom is -0.462 e. The Balaban J connectivity index is 2.10. The van der Waals surface area contributed by atoms with Crippen LogP contribution in [0, 0.1) is 13.8 Å². The molecule has 0 amide bonds. The van der Waals surface area contributed by atoms with Gasteiger partial charge in [0, 0.05) is 15.7 Å². The van der Waals surface area contributed by atoms with Crippen LogP contribution in [0.15, 0.2) is 28.7 Å². The summed E-state index contributed by atoms with van der Waals surface area (Å²) in [6.07, 6.45) is 0. The lowest BCUT2D eigenvalue weighted by atomic mass is 10.1. The number of hydrogen-bond acceptors (Lipinski definition) is 5. The van der Waals surface area contributed by atoms with Gasteiger partial charge in [-0.05, 0) is 38.5 Å². The Morgan fingerprint density at radius 2 is 1.84 bits per heavy atom. The molecule has 0 atom stereocenters. The molecule has 0 saturated heterocycles. The lowest BCUT2D eigenvalue weighted by Crippen LogP contribution is -2.15. The second-order valence-corrected chi connectivity index (χ2v) is 6.27. The van der Waals surface area contributed by atoms with E-state index >= 15 is 0 Å². The summed E-state index contributed by atoms with van der Waals surface area (Å²) in [4.78, 5) is 39.1. The standard InChI is InChI=1S/C18H18BrNO5/c1-4-24-17(22)15-10(2)16(20-11(15)3)18(23)25-9-14(21)12-6-5-7-13(19)8-12/h5-8,20H,4,9H2,1-3H3. The summed E-state index contributed by atoms with van der Waals surface area (Å²) in [5, 5.41) is 0. The van der Waals surface area contributed by atoms with E-state index in [-0.39, 0.29) is 24.7 Å². The molecule has 1 heterocycles. The summed E-state index contributed by atoms with van der Waals surface area (Å²) < 4.78 is 10.8. The average molecular weight is 408 g/mol. The Hall–Kier alpha value is -2.41. The van der Waals surface area contributed by atoms with E-state index in [1.807, 2.05) is 0 Å². The van der Waals surface area contributed by atoms with Crippen molar-refractivity contribution in [1.82, 2.24) is 4.98 Å². The Bertz CT molecular complexity index is 825. The lowest BCUT2D eigenvalue weighted by Gasteiger charge is -2.05. The van der Waals surface area contributed by atoms with Gasteiger partial charge >= 0.3 is 11.9 Å². The fourth-order valence-corrected chi connectivity index (χ4v) is 2.81. The molecule has 0 aliphatic rings. The summed E-state index contributed by atoms with van der Waals surface area (Å²) in [5.41, 5.74) is 1.85. The van der Waals surface area contributed by atoms with E-state index in [0.717, 1.165) is 4.47 Å². The topological polar surface area (TPSA) is 85.5 Å². The Labute approximate surface area is 153 Å². The molecule has 0 radical (unpaired) electrons. The first-order chi connectivity index (χ1) is 11.8. The molecule has 0 unspecified atom stereocenters. The van der Waals surface area contributed by atoms with E-state index < -0.39 is 11.9 Å². The first-order valence-corrected chi connectivity index (χ1v) is 8.46. The van der Waals surface area contributed by atoms with Crippen LogP contribution in [0.25, 0.3) is 0 Å². The van der Waals surface area contributed by atoms with Crippen LogP contribution in [0.4, 0.5) is 0 Å². The molecule has 0 aliphatic carbocycles. The van der Waals surface area contributed by atoms with Crippen LogP contribution in [-0.2, 0) is 9.47 Å². The van der Waals surface area contributed by atoms with Crippen molar-refractivity contribution in [2.45, 2.75) is 20.8 Å². The molecule has 132 valence electrons. The fourth-order valence-electron chi connectivity index (χ4n) is 2.41. The van der Waals surface area contributed by atoms with Crippen molar-refractivity contribution >= 4 is 33.7 Å². The highest BCUT2D eigenvalue weighted by molar-refractivity contribution is 9.10. The third-order valence-corrected chi connectivity index (χ3v) is 4.10. The van der Waals surface area contributed by atoms with Crippen molar-refractivity contribution in [2.75, 3.05) is 13.2 Å². The van der Waals surface area contributed by atoms with Gasteiger partial charge in [0.1, 0.15) is 5.69 Å². The maximum atomic E-state index is 12.2. The number of carbonyl (C=O) groups is 3. The number of aryl methyl sites for hydroxylation is 1. The number of H-pyrrole nitrogens is 1. The van der Waals surface area contributed by atoms with Gasteiger partial charge in [-0.25, -0.2) is 9.59 Å². The molecule has 2 aromatic rings. The van der Waals surface area contributed by atoms with E-state index in [9.17, 15) is 14.4 Å². The van der Waals surface area contributed by atoms with E-state index in [0.29, 0.717) is 22.4 Å². The van der Waals surface area contributed by atoms with E-state index in [1.54, 1.807) is 45.0 Å². The third-order valence-electron chi connectivity index (χ3n) is 3.60. The van der Waals surface area contributed by atoms with Gasteiger partial charge in [-0.1, -0.05) is 28.1 Å². The second kappa shape index (κ2) is 8.11. The molecule has 25 heavy (non-hydrogen) atoms. The van der Waals surface area contributed by atoms with E-state index in [4.69, 9.17) is 9.47 Å². The summed E-state index contributed by atoms with van der Waals surface area (Å²) >= 11 is 3.28. The van der Waals surface area contributed by atoms with Gasteiger partial charge in [-0.2, -0.15) is 0 Å². The molecule has 0 aliphatic heterocycles. The molecule has 7 heteroatoms. The van der Waals surface area contributed by atoms with Crippen molar-refractivity contribution in [2.24, 2.45) is 0 Å². The van der Waals surface area contributed by atoms with Crippen molar-refractivity contribution < 1.29 is 23.9 Å². The van der Waals surface area contributed by atoms with Crippen LogP contribution < -0.4 is 0 Å². The lowest BCUT2D eigenvalue weighted by molar-refractivity contribution is 0.0468. The number of rotatable bonds is 6. The highest BCUT2D eigenvalue weighted by Crippen LogP contribution is 2.20. The van der Waals surface area contributed by atoms with Gasteiger partial charge < -0.3 is 14.5 Å². The molecular formula is C18H18BrNO5. The summed E-state index contributed by atoms with van der Waals surface area (Å²) in [6.45, 7) is 4.86. The van der Waals surface area contributed by atoms with Gasteiger partial charge in [-0.15, -0.1) is 0 Å². The number of hydrogen-bond donors (Lipinski definition) is 1. The zero-order valence-electron chi connectivity index (χ0n) is 14.1. The van der Waals surface area contributed by atoms with Crippen LogP contribution in [0.1, 0.15) is 49.4 Å². The van der Waals surface area contributed by atoms with Crippen LogP contribution in [0.5, 0.6) is 0 Å². The van der Waals surface area contributed by atoms with Gasteiger partial charge in [0.05, 0.1) is 12.2 Å². The zero-order chi connectivity index (χ0) is 18.6. The predicted molar refractivity (Wildman–Crippen MR) is 95.0 cm³/mol. The molecule has 6 nitrogen and oxygen atoms in total. The van der Waals surface area contributed by atoms with Gasteiger partial charge in [0.2, 0.25) is 0 Å². The summed E-state index contributed by atoms with van der Waals surface area (Å²) in [5.74, 6) is -1.52. The average Bonchev–Trinajstić information content (AvgIpc) is 2.87. The number of Topliss-reactive ketones (excluding diaryl/α,β-unsaturated/α-hetero) is 1. The second-order valence-electron chi connectivity index (χ2n) is 5.36. The maximum absolute atomic E-state index is 12.2. The summed E-state index contributed by atoms with van der Waals surface area (Å²) in [6, 6.07) is 6.82. The number of aromatic amines is 1. The maximum Gasteiger partial charge on any atom is 0.355 e. The molecule has 0 spiro atoms. The first kappa shape index (κ1) is 18.9. The van der Waals surface area contributed by atoms with Crippen molar-refractivity contribution in [3.05, 3.63) is 56.8 Å². The van der Waals surface area contributed by atoms with E-state index in [1.165, 1.54) is 0 Å². The van der Waals surface area contributed by atoms with Crippen molar-refractivity contribution in [1.29, 1.82) is 0 Å². The molecule has 0 bridgehead atoms. The minimum absolute atomic E-state index is 0.141. The van der Waals surface area contributed by atoms with Crippen LogP contribution in [0.2, 0.25) is 0 Å². The number of benzene rings is 1. The number of aromatic nitrogens is 1. The zero-order valence-corrected chi connectivity index (χ0v) is 15.7. The molecule has 1 aromatic carbocycles. The number of ether oxygens (including phenoxy) is 2. The minimum atomic E-state index is -0.695. The van der Waals surface area contributed by atoms with Gasteiger partial charge in [-0.3, -0.25) is 4.79 Å². The van der Waals surface area contributed by atoms with Gasteiger partial charge in [0.25, 0.3) is 0 Å². The molecule has 0 saturated carbocycles. The fraction of sp³-hybridized carbons (Fsp3) is 0.278. The quantitative estimate of drug-likeness (QED) is 0.583. The number of carbonyl (C=O) groups excluding carboxylic acids is 3. The number of ketones is 1. The number of nitrogens with one attached hydrogen (secondary N) is 1. The van der Waals surface area contributed by atoms with Gasteiger partial charge in [0.15, 0.2) is 12.4 Å². The molecule has 1 N–H and O–H groups in total. The van der Waals surface area contributed by atoms with Crippen molar-refractivity contribution in [3.8, 4) is 0 Å². The summed E-state index contributed by atoms with van der Waals surface area (Å²) in [7, 11) is 0. The molecular weight excluding hydrogens is 390 g/mol. The van der Waals surface area contributed by atoms with Crippen LogP contribution in [0.3, 0.4) is 0 Å².